The first-order valence-electron chi connectivity index (χ1n) is 10.3. The van der Waals surface area contributed by atoms with Gasteiger partial charge in [0.1, 0.15) is 17.6 Å². The number of amides is 2. The van der Waals surface area contributed by atoms with Gasteiger partial charge in [0.15, 0.2) is 11.6 Å². The number of imidazole rings is 1. The number of rotatable bonds is 5. The summed E-state index contributed by atoms with van der Waals surface area (Å²) in [5, 5.41) is 5.59. The highest BCUT2D eigenvalue weighted by molar-refractivity contribution is 5.98. The summed E-state index contributed by atoms with van der Waals surface area (Å²) in [5.74, 6) is -2.17. The molecule has 3 rings (SSSR count). The van der Waals surface area contributed by atoms with E-state index in [9.17, 15) is 18.4 Å². The molecule has 1 atom stereocenters. The molecule has 6 nitrogen and oxygen atoms in total. The van der Waals surface area contributed by atoms with Gasteiger partial charge < -0.3 is 15.2 Å². The van der Waals surface area contributed by atoms with Crippen LogP contribution in [0.2, 0.25) is 0 Å². The van der Waals surface area contributed by atoms with E-state index in [1.807, 2.05) is 32.3 Å². The Labute approximate surface area is 175 Å². The van der Waals surface area contributed by atoms with Crippen LogP contribution in [0.15, 0.2) is 18.2 Å². The summed E-state index contributed by atoms with van der Waals surface area (Å²) in [7, 11) is 0. The Morgan fingerprint density at radius 1 is 1.20 bits per heavy atom. The fourth-order valence-corrected chi connectivity index (χ4v) is 3.73. The maximum atomic E-state index is 13.8. The highest BCUT2D eigenvalue weighted by Gasteiger charge is 2.34. The highest BCUT2D eigenvalue weighted by atomic mass is 19.2. The van der Waals surface area contributed by atoms with Gasteiger partial charge in [-0.3, -0.25) is 9.59 Å². The molecule has 1 aliphatic heterocycles. The van der Waals surface area contributed by atoms with Gasteiger partial charge in [0.2, 0.25) is 5.91 Å². The minimum atomic E-state index is -0.962. The fraction of sp³-hybridized carbons (Fsp3) is 0.500. The van der Waals surface area contributed by atoms with Crippen molar-refractivity contribution >= 4 is 11.8 Å². The minimum Gasteiger partial charge on any atom is -0.355 e. The highest BCUT2D eigenvalue weighted by Crippen LogP contribution is 2.29. The fourth-order valence-electron chi connectivity index (χ4n) is 3.73. The summed E-state index contributed by atoms with van der Waals surface area (Å²) in [6, 6.07) is 2.86. The molecule has 162 valence electrons. The number of nitrogens with one attached hydrogen (secondary N) is 2. The normalized spacial score (nSPS) is 14.7. The van der Waals surface area contributed by atoms with Gasteiger partial charge in [0, 0.05) is 18.7 Å². The average Bonchev–Trinajstić information content (AvgIpc) is 3.07. The quantitative estimate of drug-likeness (QED) is 0.781. The predicted octanol–water partition coefficient (Wildman–Crippen LogP) is 3.45. The van der Waals surface area contributed by atoms with E-state index in [1.165, 1.54) is 6.07 Å². The predicted molar refractivity (Wildman–Crippen MR) is 110 cm³/mol. The van der Waals surface area contributed by atoms with Crippen LogP contribution in [-0.2, 0) is 17.8 Å². The van der Waals surface area contributed by atoms with E-state index in [2.05, 4.69) is 15.6 Å². The summed E-state index contributed by atoms with van der Waals surface area (Å²) >= 11 is 0. The lowest BCUT2D eigenvalue weighted by Gasteiger charge is -2.30. The molecule has 0 spiro atoms. The van der Waals surface area contributed by atoms with Crippen LogP contribution in [0.5, 0.6) is 0 Å². The van der Waals surface area contributed by atoms with Crippen molar-refractivity contribution in [2.75, 3.05) is 6.54 Å². The summed E-state index contributed by atoms with van der Waals surface area (Å²) < 4.78 is 29.1. The number of aromatic nitrogens is 2. The first kappa shape index (κ1) is 21.9. The zero-order chi connectivity index (χ0) is 22.1. The first-order valence-corrected chi connectivity index (χ1v) is 10.3. The molecule has 0 aliphatic carbocycles. The zero-order valence-electron chi connectivity index (χ0n) is 17.8. The lowest BCUT2D eigenvalue weighted by molar-refractivity contribution is -0.125. The second-order valence-corrected chi connectivity index (χ2v) is 8.64. The van der Waals surface area contributed by atoms with Crippen molar-refractivity contribution in [3.8, 4) is 11.4 Å². The molecule has 8 heteroatoms. The molecule has 1 aliphatic rings. The van der Waals surface area contributed by atoms with Crippen LogP contribution in [0.3, 0.4) is 0 Å². The zero-order valence-corrected chi connectivity index (χ0v) is 17.8. The molecule has 0 fully saturated rings. The Hall–Kier alpha value is -2.77. The number of hydrogen-bond acceptors (Lipinski definition) is 3. The molecule has 0 radical (unpaired) electrons. The van der Waals surface area contributed by atoms with Crippen LogP contribution in [0.4, 0.5) is 8.78 Å². The first-order chi connectivity index (χ1) is 14.1. The second-order valence-electron chi connectivity index (χ2n) is 8.64. The SMILES string of the molecule is CCNC(=O)C(NC(=O)c1nc(-c2ccc(F)c(F)c2)n2c1CCCC2)C(C)(C)C. The molecular weight excluding hydrogens is 390 g/mol. The molecular formula is C22H28F2N4O2. The van der Waals surface area contributed by atoms with Gasteiger partial charge in [-0.05, 0) is 49.8 Å². The number of halogens is 2. The van der Waals surface area contributed by atoms with Gasteiger partial charge in [-0.25, -0.2) is 13.8 Å². The third-order valence-electron chi connectivity index (χ3n) is 5.27. The standard InChI is InChI=1S/C22H28F2N4O2/c1-5-25-21(30)18(22(2,3)4)27-20(29)17-16-8-6-7-11-28(16)19(26-17)13-9-10-14(23)15(24)12-13/h9-10,12,18H,5-8,11H2,1-4H3,(H,25,30)(H,27,29). The number of nitrogens with zero attached hydrogens (tertiary/aromatic N) is 2. The maximum absolute atomic E-state index is 13.8. The summed E-state index contributed by atoms with van der Waals surface area (Å²) in [5.41, 5.74) is 0.889. The van der Waals surface area contributed by atoms with Crippen molar-refractivity contribution in [3.63, 3.8) is 0 Å². The van der Waals surface area contributed by atoms with Gasteiger partial charge in [-0.15, -0.1) is 0 Å². The third-order valence-corrected chi connectivity index (χ3v) is 5.27. The molecule has 1 aromatic heterocycles. The molecule has 2 heterocycles. The Morgan fingerprint density at radius 2 is 1.93 bits per heavy atom. The lowest BCUT2D eigenvalue weighted by atomic mass is 9.86. The van der Waals surface area contributed by atoms with Crippen molar-refractivity contribution in [2.45, 2.75) is 59.5 Å². The average molecular weight is 418 g/mol. The Balaban J connectivity index is 1.99. The summed E-state index contributed by atoms with van der Waals surface area (Å²) in [6.45, 7) is 8.55. The molecule has 1 aromatic carbocycles. The summed E-state index contributed by atoms with van der Waals surface area (Å²) in [6.07, 6.45) is 2.47. The van der Waals surface area contributed by atoms with Crippen molar-refractivity contribution < 1.29 is 18.4 Å². The molecule has 2 N–H and O–H groups in total. The molecule has 0 saturated heterocycles. The summed E-state index contributed by atoms with van der Waals surface area (Å²) in [4.78, 5) is 30.2. The van der Waals surface area contributed by atoms with Gasteiger partial charge in [0.05, 0.1) is 5.69 Å². The molecule has 2 amide bonds. The molecule has 1 unspecified atom stereocenters. The van der Waals surface area contributed by atoms with Crippen LogP contribution in [0.25, 0.3) is 11.4 Å². The smallest absolute Gasteiger partial charge is 0.272 e. The van der Waals surface area contributed by atoms with E-state index >= 15 is 0 Å². The van der Waals surface area contributed by atoms with E-state index in [0.29, 0.717) is 30.9 Å². The van der Waals surface area contributed by atoms with E-state index < -0.39 is 29.0 Å². The van der Waals surface area contributed by atoms with E-state index in [4.69, 9.17) is 0 Å². The van der Waals surface area contributed by atoms with Gasteiger partial charge in [-0.1, -0.05) is 20.8 Å². The van der Waals surface area contributed by atoms with Crippen LogP contribution >= 0.6 is 0 Å². The topological polar surface area (TPSA) is 76.0 Å². The Bertz CT molecular complexity index is 963. The number of fused-ring (bicyclic) bond motifs is 1. The number of hydrogen-bond donors (Lipinski definition) is 2. The number of carbonyl (C=O) groups is 2. The number of carbonyl (C=O) groups excluding carboxylic acids is 2. The van der Waals surface area contributed by atoms with Crippen molar-refractivity contribution in [3.05, 3.63) is 41.2 Å². The Morgan fingerprint density at radius 3 is 2.57 bits per heavy atom. The van der Waals surface area contributed by atoms with Gasteiger partial charge in [-0.2, -0.15) is 0 Å². The van der Waals surface area contributed by atoms with Crippen molar-refractivity contribution in [2.24, 2.45) is 5.41 Å². The van der Waals surface area contributed by atoms with Crippen molar-refractivity contribution in [1.29, 1.82) is 0 Å². The van der Waals surface area contributed by atoms with Crippen LogP contribution in [0.1, 0.15) is 56.7 Å². The lowest BCUT2D eigenvalue weighted by Crippen LogP contribution is -2.53. The van der Waals surface area contributed by atoms with E-state index in [-0.39, 0.29) is 11.6 Å². The van der Waals surface area contributed by atoms with E-state index in [1.54, 1.807) is 0 Å². The van der Waals surface area contributed by atoms with Crippen molar-refractivity contribution in [1.82, 2.24) is 20.2 Å². The molecule has 0 saturated carbocycles. The van der Waals surface area contributed by atoms with Gasteiger partial charge >= 0.3 is 0 Å². The maximum Gasteiger partial charge on any atom is 0.272 e. The number of benzene rings is 1. The number of likely N-dealkylation sites (N-methyl/N-ethyl adjacent to an activating group) is 1. The van der Waals surface area contributed by atoms with Gasteiger partial charge in [0.25, 0.3) is 5.91 Å². The van der Waals surface area contributed by atoms with Crippen LogP contribution < -0.4 is 10.6 Å². The van der Waals surface area contributed by atoms with Crippen LogP contribution in [0, 0.1) is 17.0 Å². The molecule has 30 heavy (non-hydrogen) atoms. The largest absolute Gasteiger partial charge is 0.355 e. The van der Waals surface area contributed by atoms with E-state index in [0.717, 1.165) is 30.7 Å². The monoisotopic (exact) mass is 418 g/mol. The minimum absolute atomic E-state index is 0.230. The molecule has 0 bridgehead atoms. The third kappa shape index (κ3) is 4.37. The second kappa shape index (κ2) is 8.53. The Kier molecular flexibility index (Phi) is 6.24. The van der Waals surface area contributed by atoms with Crippen LogP contribution in [-0.4, -0.2) is 34.0 Å². The molecule has 2 aromatic rings.